The number of oxime groups is 1. The Kier molecular flexibility index (Phi) is 6.37. The molecule has 3 aromatic rings. The van der Waals surface area contributed by atoms with Crippen molar-refractivity contribution < 1.29 is 27.2 Å². The van der Waals surface area contributed by atoms with E-state index in [0.29, 0.717) is 16.7 Å². The molecular formula is C25H16Cl3F4N3O2. The predicted molar refractivity (Wildman–Crippen MR) is 131 cm³/mol. The first-order valence-electron chi connectivity index (χ1n) is 10.9. The highest BCUT2D eigenvalue weighted by molar-refractivity contribution is 6.48. The zero-order valence-corrected chi connectivity index (χ0v) is 21.0. The molecule has 0 bridgehead atoms. The highest BCUT2D eigenvalue weighted by atomic mass is 35.5. The van der Waals surface area contributed by atoms with Crippen LogP contribution in [-0.2, 0) is 16.1 Å². The smallest absolute Gasteiger partial charge is 0.374 e. The van der Waals surface area contributed by atoms with Crippen LogP contribution in [-0.4, -0.2) is 40.8 Å². The number of rotatable bonds is 4. The summed E-state index contributed by atoms with van der Waals surface area (Å²) in [6.07, 6.45) is -2.56. The van der Waals surface area contributed by atoms with Gasteiger partial charge in [0.05, 0.1) is 33.9 Å². The summed E-state index contributed by atoms with van der Waals surface area (Å²) in [5.41, 5.74) is -3.89. The van der Waals surface area contributed by atoms with E-state index in [1.807, 2.05) is 0 Å². The number of likely N-dealkylation sites (tertiary alicyclic amines) is 1. The Bertz CT molecular complexity index is 1370. The van der Waals surface area contributed by atoms with E-state index >= 15 is 4.39 Å². The molecule has 0 saturated carbocycles. The fraction of sp³-hybridized carbons (Fsp3) is 0.240. The van der Waals surface area contributed by atoms with Crippen molar-refractivity contribution in [3.05, 3.63) is 98.2 Å². The first-order chi connectivity index (χ1) is 17.4. The van der Waals surface area contributed by atoms with Crippen molar-refractivity contribution in [1.82, 2.24) is 9.88 Å². The third kappa shape index (κ3) is 4.43. The molecule has 12 heteroatoms. The van der Waals surface area contributed by atoms with E-state index in [-0.39, 0.29) is 45.3 Å². The molecular weight excluding hydrogens is 557 g/mol. The molecule has 2 aliphatic rings. The van der Waals surface area contributed by atoms with E-state index in [1.165, 1.54) is 41.6 Å². The Morgan fingerprint density at radius 2 is 1.54 bits per heavy atom. The zero-order chi connectivity index (χ0) is 26.6. The Hall–Kier alpha value is -2.88. The number of hydrogen-bond acceptors (Lipinski definition) is 4. The van der Waals surface area contributed by atoms with Gasteiger partial charge in [-0.2, -0.15) is 13.2 Å². The van der Waals surface area contributed by atoms with E-state index in [9.17, 15) is 18.0 Å². The number of benzene rings is 2. The maximum Gasteiger partial charge on any atom is 0.435 e. The van der Waals surface area contributed by atoms with Crippen molar-refractivity contribution in [2.45, 2.75) is 23.9 Å². The van der Waals surface area contributed by atoms with Gasteiger partial charge in [-0.05, 0) is 35.4 Å². The summed E-state index contributed by atoms with van der Waals surface area (Å²) in [7, 11) is 0. The van der Waals surface area contributed by atoms with Gasteiger partial charge >= 0.3 is 6.18 Å². The summed E-state index contributed by atoms with van der Waals surface area (Å²) in [6, 6.07) is 11.1. The van der Waals surface area contributed by atoms with Crippen molar-refractivity contribution in [2.75, 3.05) is 13.1 Å². The Labute approximate surface area is 223 Å². The highest BCUT2D eigenvalue weighted by Crippen LogP contribution is 2.50. The van der Waals surface area contributed by atoms with Gasteiger partial charge in [0.1, 0.15) is 0 Å². The summed E-state index contributed by atoms with van der Waals surface area (Å²) >= 11 is 17.8. The number of nitrogens with zero attached hydrogens (tertiary/aromatic N) is 3. The van der Waals surface area contributed by atoms with Gasteiger partial charge in [-0.3, -0.25) is 9.78 Å². The lowest BCUT2D eigenvalue weighted by molar-refractivity contribution is -0.275. The molecule has 3 heterocycles. The van der Waals surface area contributed by atoms with Crippen molar-refractivity contribution >= 4 is 46.4 Å². The van der Waals surface area contributed by atoms with Crippen molar-refractivity contribution in [1.29, 1.82) is 0 Å². The van der Waals surface area contributed by atoms with Crippen LogP contribution >= 0.6 is 34.8 Å². The molecule has 0 radical (unpaired) electrons. The van der Waals surface area contributed by atoms with Crippen LogP contribution in [0.15, 0.2) is 66.1 Å². The van der Waals surface area contributed by atoms with Crippen LogP contribution in [0.2, 0.25) is 15.1 Å². The SMILES string of the molecule is O=C(c1ccncc1)N1CC(F)(c2ccc(C3=NOC(c4cc(Cl)c(Cl)c(Cl)c4)(C(F)(F)F)C3)cc2)C1. The monoisotopic (exact) mass is 571 g/mol. The fourth-order valence-electron chi connectivity index (χ4n) is 4.37. The summed E-state index contributed by atoms with van der Waals surface area (Å²) < 4.78 is 58.2. The van der Waals surface area contributed by atoms with Crippen molar-refractivity contribution in [2.24, 2.45) is 5.16 Å². The molecule has 1 amide bonds. The molecule has 5 nitrogen and oxygen atoms in total. The van der Waals surface area contributed by atoms with E-state index in [1.54, 1.807) is 12.1 Å². The second-order valence-corrected chi connectivity index (χ2v) is 10.0. The number of pyridine rings is 1. The molecule has 2 aliphatic heterocycles. The lowest BCUT2D eigenvalue weighted by atomic mass is 9.84. The molecule has 1 atom stereocenters. The number of carbonyl (C=O) groups excluding carboxylic acids is 1. The van der Waals surface area contributed by atoms with Gasteiger partial charge in [0, 0.05) is 29.9 Å². The van der Waals surface area contributed by atoms with Gasteiger partial charge in [-0.1, -0.05) is 64.2 Å². The summed E-state index contributed by atoms with van der Waals surface area (Å²) in [5.74, 6) is -0.310. The van der Waals surface area contributed by atoms with Crippen LogP contribution in [0, 0.1) is 0 Å². The van der Waals surface area contributed by atoms with Crippen LogP contribution in [0.3, 0.4) is 0 Å². The number of carbonyl (C=O) groups is 1. The summed E-state index contributed by atoms with van der Waals surface area (Å²) in [5, 5.41) is 3.33. The summed E-state index contributed by atoms with van der Waals surface area (Å²) in [6.45, 7) is -0.292. The lowest BCUT2D eigenvalue weighted by Crippen LogP contribution is -2.58. The highest BCUT2D eigenvalue weighted by Gasteiger charge is 2.62. The van der Waals surface area contributed by atoms with Crippen LogP contribution in [0.5, 0.6) is 0 Å². The average molecular weight is 573 g/mol. The molecule has 5 rings (SSSR count). The number of hydrogen-bond donors (Lipinski definition) is 0. The third-order valence-corrected chi connectivity index (χ3v) is 7.67. The van der Waals surface area contributed by atoms with Gasteiger partial charge in [0.2, 0.25) is 0 Å². The fourth-order valence-corrected chi connectivity index (χ4v) is 4.97. The molecule has 0 spiro atoms. The maximum absolute atomic E-state index is 15.4. The minimum atomic E-state index is -4.86. The van der Waals surface area contributed by atoms with Crippen molar-refractivity contribution in [3.8, 4) is 0 Å². The Morgan fingerprint density at radius 1 is 0.946 bits per heavy atom. The third-order valence-electron chi connectivity index (χ3n) is 6.47. The number of amides is 1. The first-order valence-corrected chi connectivity index (χ1v) is 12.0. The molecule has 1 unspecified atom stereocenters. The zero-order valence-electron chi connectivity index (χ0n) is 18.7. The van der Waals surface area contributed by atoms with E-state index in [4.69, 9.17) is 39.6 Å². The van der Waals surface area contributed by atoms with Crippen molar-refractivity contribution in [3.63, 3.8) is 0 Å². The molecule has 1 fully saturated rings. The largest absolute Gasteiger partial charge is 0.435 e. The first kappa shape index (κ1) is 25.8. The number of aromatic nitrogens is 1. The summed E-state index contributed by atoms with van der Waals surface area (Å²) in [4.78, 5) is 22.7. The quantitative estimate of drug-likeness (QED) is 0.251. The average Bonchev–Trinajstić information content (AvgIpc) is 3.32. The predicted octanol–water partition coefficient (Wildman–Crippen LogP) is 6.94. The molecule has 192 valence electrons. The molecule has 0 aliphatic carbocycles. The lowest BCUT2D eigenvalue weighted by Gasteiger charge is -2.44. The minimum absolute atomic E-state index is 0.0158. The van der Waals surface area contributed by atoms with Crippen LogP contribution in [0.4, 0.5) is 17.6 Å². The topological polar surface area (TPSA) is 54.8 Å². The second-order valence-electron chi connectivity index (χ2n) is 8.82. The second kappa shape index (κ2) is 9.15. The molecule has 1 aromatic heterocycles. The van der Waals surface area contributed by atoms with E-state index in [0.717, 1.165) is 12.1 Å². The standard InChI is InChI=1S/C25H16Cl3F4N3O2/c26-18-9-17(10-19(27)21(18)28)24(25(30,31)32)11-20(34-37-24)14-1-3-16(4-2-14)23(29)12-35(13-23)22(36)15-5-7-33-8-6-15/h1-10H,11-13H2. The van der Waals surface area contributed by atoms with Gasteiger partial charge in [0.25, 0.3) is 11.5 Å². The molecule has 2 aromatic carbocycles. The van der Waals surface area contributed by atoms with Crippen LogP contribution < -0.4 is 0 Å². The Balaban J connectivity index is 1.33. The molecule has 0 N–H and O–H groups in total. The molecule has 37 heavy (non-hydrogen) atoms. The van der Waals surface area contributed by atoms with Gasteiger partial charge in [-0.15, -0.1) is 0 Å². The van der Waals surface area contributed by atoms with Gasteiger partial charge in [0.15, 0.2) is 5.67 Å². The van der Waals surface area contributed by atoms with Gasteiger partial charge < -0.3 is 9.74 Å². The van der Waals surface area contributed by atoms with E-state index in [2.05, 4.69) is 10.1 Å². The number of alkyl halides is 4. The number of halogens is 7. The van der Waals surface area contributed by atoms with Crippen LogP contribution in [0.25, 0.3) is 0 Å². The van der Waals surface area contributed by atoms with Gasteiger partial charge in [-0.25, -0.2) is 4.39 Å². The minimum Gasteiger partial charge on any atom is -0.374 e. The Morgan fingerprint density at radius 3 is 2.11 bits per heavy atom. The van der Waals surface area contributed by atoms with E-state index < -0.39 is 23.9 Å². The maximum atomic E-state index is 15.4. The van der Waals surface area contributed by atoms with Crippen LogP contribution in [0.1, 0.15) is 33.5 Å². The normalized spacial score (nSPS) is 20.7. The molecule has 1 saturated heterocycles.